The summed E-state index contributed by atoms with van der Waals surface area (Å²) in [4.78, 5) is 6.78. The summed E-state index contributed by atoms with van der Waals surface area (Å²) in [6, 6.07) is 5.35. The van der Waals surface area contributed by atoms with E-state index in [0.29, 0.717) is 12.1 Å². The third-order valence-electron chi connectivity index (χ3n) is 2.89. The number of nitrogens with zero attached hydrogens (tertiary/aromatic N) is 2. The molecule has 96 valence electrons. The largest absolute Gasteiger partial charge is 0.310 e. The summed E-state index contributed by atoms with van der Waals surface area (Å²) in [6.45, 7) is 10.5. The number of pyridine rings is 1. The van der Waals surface area contributed by atoms with Gasteiger partial charge in [-0.15, -0.1) is 0 Å². The fraction of sp³-hybridized carbons (Fsp3) is 0.643. The summed E-state index contributed by atoms with van der Waals surface area (Å²) in [5.74, 6) is 0. The zero-order valence-corrected chi connectivity index (χ0v) is 11.7. The second-order valence-electron chi connectivity index (χ2n) is 5.20. The SMILES string of the molecule is CC(C)NCc1ccc(CN(C)C(C)C)nc1. The minimum absolute atomic E-state index is 0.516. The lowest BCUT2D eigenvalue weighted by Crippen LogP contribution is -2.26. The van der Waals surface area contributed by atoms with Crippen LogP contribution in [0.5, 0.6) is 0 Å². The molecule has 0 atom stereocenters. The average molecular weight is 235 g/mol. The molecule has 0 aliphatic rings. The monoisotopic (exact) mass is 235 g/mol. The summed E-state index contributed by atoms with van der Waals surface area (Å²) in [5, 5.41) is 3.39. The molecule has 0 aromatic carbocycles. The lowest BCUT2D eigenvalue weighted by molar-refractivity contribution is 0.262. The molecule has 3 nitrogen and oxygen atoms in total. The Balaban J connectivity index is 2.50. The Morgan fingerprint density at radius 3 is 2.41 bits per heavy atom. The predicted molar refractivity (Wildman–Crippen MR) is 72.8 cm³/mol. The standard InChI is InChI=1S/C14H25N3/c1-11(2)15-8-13-6-7-14(16-9-13)10-17(5)12(3)4/h6-7,9,11-12,15H,8,10H2,1-5H3. The van der Waals surface area contributed by atoms with Crippen molar-refractivity contribution in [3.63, 3.8) is 0 Å². The summed E-state index contributed by atoms with van der Waals surface area (Å²) >= 11 is 0. The van der Waals surface area contributed by atoms with E-state index in [4.69, 9.17) is 0 Å². The fourth-order valence-electron chi connectivity index (χ4n) is 1.41. The van der Waals surface area contributed by atoms with Crippen LogP contribution in [0.25, 0.3) is 0 Å². The van der Waals surface area contributed by atoms with Crippen LogP contribution in [0.4, 0.5) is 0 Å². The highest BCUT2D eigenvalue weighted by atomic mass is 15.1. The average Bonchev–Trinajstić information content (AvgIpc) is 2.28. The van der Waals surface area contributed by atoms with Crippen molar-refractivity contribution in [1.82, 2.24) is 15.2 Å². The van der Waals surface area contributed by atoms with Crippen molar-refractivity contribution in [2.45, 2.75) is 52.9 Å². The lowest BCUT2D eigenvalue weighted by Gasteiger charge is -2.20. The van der Waals surface area contributed by atoms with Gasteiger partial charge in [-0.2, -0.15) is 0 Å². The maximum Gasteiger partial charge on any atom is 0.0544 e. The second kappa shape index (κ2) is 6.72. The highest BCUT2D eigenvalue weighted by Crippen LogP contribution is 2.05. The van der Waals surface area contributed by atoms with Gasteiger partial charge in [0.05, 0.1) is 5.69 Å². The molecule has 1 aromatic rings. The number of nitrogens with one attached hydrogen (secondary N) is 1. The molecule has 1 rings (SSSR count). The van der Waals surface area contributed by atoms with Crippen LogP contribution in [0, 0.1) is 0 Å². The first-order valence-corrected chi connectivity index (χ1v) is 6.36. The molecule has 1 N–H and O–H groups in total. The molecule has 17 heavy (non-hydrogen) atoms. The van der Waals surface area contributed by atoms with Gasteiger partial charge in [0.2, 0.25) is 0 Å². The van der Waals surface area contributed by atoms with Gasteiger partial charge in [-0.25, -0.2) is 0 Å². The molecule has 3 heteroatoms. The molecule has 0 aliphatic carbocycles. The van der Waals surface area contributed by atoms with Crippen molar-refractivity contribution < 1.29 is 0 Å². The van der Waals surface area contributed by atoms with E-state index in [9.17, 15) is 0 Å². The zero-order chi connectivity index (χ0) is 12.8. The molecule has 0 spiro atoms. The Bertz CT molecular complexity index is 317. The zero-order valence-electron chi connectivity index (χ0n) is 11.7. The number of aromatic nitrogens is 1. The molecule has 0 fully saturated rings. The van der Waals surface area contributed by atoms with Crippen molar-refractivity contribution in [3.8, 4) is 0 Å². The third-order valence-corrected chi connectivity index (χ3v) is 2.89. The van der Waals surface area contributed by atoms with Crippen LogP contribution >= 0.6 is 0 Å². The van der Waals surface area contributed by atoms with Gasteiger partial charge in [0.1, 0.15) is 0 Å². The molecule has 0 saturated carbocycles. The van der Waals surface area contributed by atoms with E-state index in [1.54, 1.807) is 0 Å². The summed E-state index contributed by atoms with van der Waals surface area (Å²) in [6.07, 6.45) is 1.97. The minimum Gasteiger partial charge on any atom is -0.310 e. The van der Waals surface area contributed by atoms with E-state index in [-0.39, 0.29) is 0 Å². The smallest absolute Gasteiger partial charge is 0.0544 e. The van der Waals surface area contributed by atoms with Crippen LogP contribution in [0.1, 0.15) is 39.0 Å². The van der Waals surface area contributed by atoms with E-state index in [1.807, 2.05) is 6.20 Å². The molecule has 0 radical (unpaired) electrons. The van der Waals surface area contributed by atoms with Crippen molar-refractivity contribution in [2.24, 2.45) is 0 Å². The topological polar surface area (TPSA) is 28.2 Å². The molecule has 0 saturated heterocycles. The van der Waals surface area contributed by atoms with Crippen LogP contribution in [-0.4, -0.2) is 29.0 Å². The van der Waals surface area contributed by atoms with Crippen molar-refractivity contribution in [3.05, 3.63) is 29.6 Å². The van der Waals surface area contributed by atoms with Gasteiger partial charge < -0.3 is 5.32 Å². The summed E-state index contributed by atoms with van der Waals surface area (Å²) in [5.41, 5.74) is 2.38. The molecule has 0 unspecified atom stereocenters. The Morgan fingerprint density at radius 1 is 1.24 bits per heavy atom. The Labute approximate surface area is 105 Å². The van der Waals surface area contributed by atoms with E-state index < -0.39 is 0 Å². The normalized spacial score (nSPS) is 11.8. The predicted octanol–water partition coefficient (Wildman–Crippen LogP) is 2.42. The van der Waals surface area contributed by atoms with Crippen LogP contribution in [0.3, 0.4) is 0 Å². The Kier molecular flexibility index (Phi) is 5.59. The Hall–Kier alpha value is -0.930. The van der Waals surface area contributed by atoms with Crippen LogP contribution in [0.15, 0.2) is 18.3 Å². The molecule has 1 aromatic heterocycles. The first-order valence-electron chi connectivity index (χ1n) is 6.36. The van der Waals surface area contributed by atoms with Gasteiger partial charge in [-0.1, -0.05) is 19.9 Å². The van der Waals surface area contributed by atoms with E-state index in [2.05, 4.69) is 62.1 Å². The molecular formula is C14H25N3. The quantitative estimate of drug-likeness (QED) is 0.821. The van der Waals surface area contributed by atoms with E-state index in [0.717, 1.165) is 18.8 Å². The van der Waals surface area contributed by atoms with Gasteiger partial charge in [0.25, 0.3) is 0 Å². The molecular weight excluding hydrogens is 210 g/mol. The number of rotatable bonds is 6. The van der Waals surface area contributed by atoms with Crippen LogP contribution in [-0.2, 0) is 13.1 Å². The van der Waals surface area contributed by atoms with Gasteiger partial charge in [0.15, 0.2) is 0 Å². The third kappa shape index (κ3) is 5.29. The van der Waals surface area contributed by atoms with Gasteiger partial charge in [0, 0.05) is 31.4 Å². The van der Waals surface area contributed by atoms with Crippen LogP contribution < -0.4 is 5.32 Å². The van der Waals surface area contributed by atoms with Crippen LogP contribution in [0.2, 0.25) is 0 Å². The number of hydrogen-bond donors (Lipinski definition) is 1. The van der Waals surface area contributed by atoms with Gasteiger partial charge in [-0.05, 0) is 32.5 Å². The second-order valence-corrected chi connectivity index (χ2v) is 5.20. The van der Waals surface area contributed by atoms with Crippen molar-refractivity contribution >= 4 is 0 Å². The minimum atomic E-state index is 0.516. The highest BCUT2D eigenvalue weighted by Gasteiger charge is 2.05. The van der Waals surface area contributed by atoms with Crippen molar-refractivity contribution in [1.29, 1.82) is 0 Å². The molecule has 0 aliphatic heterocycles. The first-order chi connectivity index (χ1) is 7.99. The molecule has 1 heterocycles. The fourth-order valence-corrected chi connectivity index (χ4v) is 1.41. The van der Waals surface area contributed by atoms with E-state index in [1.165, 1.54) is 5.56 Å². The maximum atomic E-state index is 4.50. The maximum absolute atomic E-state index is 4.50. The van der Waals surface area contributed by atoms with Gasteiger partial charge in [-0.3, -0.25) is 9.88 Å². The summed E-state index contributed by atoms with van der Waals surface area (Å²) < 4.78 is 0. The lowest BCUT2D eigenvalue weighted by atomic mass is 10.2. The van der Waals surface area contributed by atoms with E-state index >= 15 is 0 Å². The summed E-state index contributed by atoms with van der Waals surface area (Å²) in [7, 11) is 2.13. The van der Waals surface area contributed by atoms with Gasteiger partial charge >= 0.3 is 0 Å². The first kappa shape index (κ1) is 14.1. The highest BCUT2D eigenvalue weighted by molar-refractivity contribution is 5.14. The Morgan fingerprint density at radius 2 is 1.94 bits per heavy atom. The molecule has 0 bridgehead atoms. The molecule has 0 amide bonds. The number of hydrogen-bond acceptors (Lipinski definition) is 3. The van der Waals surface area contributed by atoms with Crippen molar-refractivity contribution in [2.75, 3.05) is 7.05 Å².